The lowest BCUT2D eigenvalue weighted by molar-refractivity contribution is -0.137. The predicted molar refractivity (Wildman–Crippen MR) is 116 cm³/mol. The summed E-state index contributed by atoms with van der Waals surface area (Å²) in [6.45, 7) is 2.04. The summed E-state index contributed by atoms with van der Waals surface area (Å²) in [7, 11) is 0. The molecule has 1 aliphatic rings. The highest BCUT2D eigenvalue weighted by molar-refractivity contribution is 8.00. The first-order valence-corrected chi connectivity index (χ1v) is 11.4. The molecule has 7 nitrogen and oxygen atoms in total. The van der Waals surface area contributed by atoms with Crippen LogP contribution in [0.25, 0.3) is 0 Å². The molecule has 12 heteroatoms. The summed E-state index contributed by atoms with van der Waals surface area (Å²) in [6, 6.07) is 6.96. The lowest BCUT2D eigenvalue weighted by Gasteiger charge is -2.31. The molecule has 1 aromatic carbocycles. The van der Waals surface area contributed by atoms with E-state index < -0.39 is 28.8 Å². The number of anilines is 2. The number of halogens is 3. The molecule has 1 N–H and O–H groups in total. The average Bonchev–Trinajstić information content (AvgIpc) is 3.41. The van der Waals surface area contributed by atoms with Crippen LogP contribution in [0.3, 0.4) is 0 Å². The Bertz CT molecular complexity index is 1130. The number of alkyl halides is 3. The molecular formula is C20H18F3N5O2S2. The summed E-state index contributed by atoms with van der Waals surface area (Å²) in [5.74, 6) is -0.958. The van der Waals surface area contributed by atoms with Crippen LogP contribution >= 0.6 is 23.1 Å². The number of hydrogen-bond donors (Lipinski definition) is 1. The lowest BCUT2D eigenvalue weighted by atomic mass is 10.1. The largest absolute Gasteiger partial charge is 0.416 e. The second-order valence-corrected chi connectivity index (χ2v) is 9.44. The maximum atomic E-state index is 13.1. The molecule has 0 radical (unpaired) electrons. The van der Waals surface area contributed by atoms with Crippen LogP contribution in [0.5, 0.6) is 0 Å². The molecule has 3 heterocycles. The Morgan fingerprint density at radius 2 is 2.16 bits per heavy atom. The Labute approximate surface area is 189 Å². The topological polar surface area (TPSA) is 80.1 Å². The number of thioether (sulfide) groups is 1. The van der Waals surface area contributed by atoms with Crippen LogP contribution in [0.2, 0.25) is 0 Å². The van der Waals surface area contributed by atoms with E-state index in [1.807, 2.05) is 22.1 Å². The number of rotatable bonds is 6. The van der Waals surface area contributed by atoms with Gasteiger partial charge in [-0.3, -0.25) is 14.5 Å². The number of hydrogen-bond acceptors (Lipinski definition) is 6. The fourth-order valence-electron chi connectivity index (χ4n) is 3.27. The molecule has 1 atom stereocenters. The second kappa shape index (κ2) is 8.94. The number of nitrogens with zero attached hydrogens (tertiary/aromatic N) is 4. The molecule has 0 fully saturated rings. The normalized spacial score (nSPS) is 14.8. The van der Waals surface area contributed by atoms with Gasteiger partial charge in [0, 0.05) is 11.4 Å². The molecule has 0 aliphatic carbocycles. The zero-order chi connectivity index (χ0) is 22.9. The molecule has 0 bridgehead atoms. The van der Waals surface area contributed by atoms with Gasteiger partial charge in [-0.05, 0) is 43.0 Å². The van der Waals surface area contributed by atoms with Crippen molar-refractivity contribution >= 4 is 46.3 Å². The Balaban J connectivity index is 1.49. The van der Waals surface area contributed by atoms with Crippen LogP contribution in [-0.4, -0.2) is 38.4 Å². The van der Waals surface area contributed by atoms with Gasteiger partial charge in [0.15, 0.2) is 5.16 Å². The third-order valence-corrected chi connectivity index (χ3v) is 6.86. The van der Waals surface area contributed by atoms with Gasteiger partial charge < -0.3 is 9.88 Å². The van der Waals surface area contributed by atoms with E-state index in [-0.39, 0.29) is 17.9 Å². The molecule has 3 aromatic rings. The average molecular weight is 482 g/mol. The second-order valence-electron chi connectivity index (χ2n) is 7.10. The summed E-state index contributed by atoms with van der Waals surface area (Å²) in [5, 5.41) is 12.3. The first-order chi connectivity index (χ1) is 15.2. The quantitative estimate of drug-likeness (QED) is 0.537. The molecule has 1 unspecified atom stereocenters. The fourth-order valence-corrected chi connectivity index (χ4v) is 4.88. The number of carbonyl (C=O) groups is 2. The number of carbonyl (C=O) groups excluding carboxylic acids is 2. The highest BCUT2D eigenvalue weighted by Crippen LogP contribution is 2.37. The van der Waals surface area contributed by atoms with Crippen molar-refractivity contribution in [1.82, 2.24) is 14.8 Å². The van der Waals surface area contributed by atoms with E-state index in [1.54, 1.807) is 24.6 Å². The highest BCUT2D eigenvalue weighted by Gasteiger charge is 2.35. The van der Waals surface area contributed by atoms with Gasteiger partial charge in [-0.25, -0.2) is 0 Å². The number of benzene rings is 1. The maximum absolute atomic E-state index is 13.1. The summed E-state index contributed by atoms with van der Waals surface area (Å²) in [6.07, 6.45) is -2.16. The van der Waals surface area contributed by atoms with Gasteiger partial charge in [0.25, 0.3) is 0 Å². The molecule has 1 aliphatic heterocycles. The van der Waals surface area contributed by atoms with Gasteiger partial charge in [0.2, 0.25) is 11.8 Å². The van der Waals surface area contributed by atoms with Gasteiger partial charge in [0.1, 0.15) is 12.9 Å². The van der Waals surface area contributed by atoms with Crippen molar-refractivity contribution in [2.24, 2.45) is 0 Å². The third-order valence-electron chi connectivity index (χ3n) is 4.85. The lowest BCUT2D eigenvalue weighted by Crippen LogP contribution is -2.45. The van der Waals surface area contributed by atoms with E-state index in [0.29, 0.717) is 11.7 Å². The number of aryl methyl sites for hydroxylation is 2. The number of aromatic nitrogens is 3. The van der Waals surface area contributed by atoms with E-state index in [9.17, 15) is 22.8 Å². The minimum absolute atomic E-state index is 0.0410. The van der Waals surface area contributed by atoms with Crippen LogP contribution in [0.4, 0.5) is 24.5 Å². The molecular weight excluding hydrogens is 463 g/mol. The van der Waals surface area contributed by atoms with Crippen LogP contribution in [0.15, 0.2) is 47.2 Å². The molecule has 32 heavy (non-hydrogen) atoms. The van der Waals surface area contributed by atoms with Crippen molar-refractivity contribution in [3.05, 3.63) is 52.5 Å². The molecule has 2 aromatic heterocycles. The van der Waals surface area contributed by atoms with Gasteiger partial charge in [-0.2, -0.15) is 13.2 Å². The van der Waals surface area contributed by atoms with Gasteiger partial charge >= 0.3 is 6.18 Å². The Kier molecular flexibility index (Phi) is 6.24. The summed E-state index contributed by atoms with van der Waals surface area (Å²) in [5.41, 5.74) is -0.706. The van der Waals surface area contributed by atoms with Crippen molar-refractivity contribution in [3.63, 3.8) is 0 Å². The first kappa shape index (κ1) is 22.3. The van der Waals surface area contributed by atoms with Gasteiger partial charge in [-0.15, -0.1) is 21.5 Å². The Morgan fingerprint density at radius 3 is 2.88 bits per heavy atom. The molecule has 168 valence electrons. The first-order valence-electron chi connectivity index (χ1n) is 9.61. The Morgan fingerprint density at radius 1 is 1.34 bits per heavy atom. The molecule has 0 spiro atoms. The van der Waals surface area contributed by atoms with Crippen LogP contribution in [0.1, 0.15) is 17.4 Å². The third kappa shape index (κ3) is 4.80. The number of fused-ring (bicyclic) bond motifs is 1. The van der Waals surface area contributed by atoms with Crippen LogP contribution in [0, 0.1) is 0 Å². The van der Waals surface area contributed by atoms with Crippen LogP contribution in [-0.2, 0) is 28.7 Å². The number of thiophene rings is 1. The summed E-state index contributed by atoms with van der Waals surface area (Å²) in [4.78, 5) is 27.6. The smallest absolute Gasteiger partial charge is 0.323 e. The van der Waals surface area contributed by atoms with E-state index in [2.05, 4.69) is 15.5 Å². The van der Waals surface area contributed by atoms with Crippen molar-refractivity contribution in [2.75, 3.05) is 16.8 Å². The monoisotopic (exact) mass is 481 g/mol. The number of nitrogens with one attached hydrogen (secondary N) is 1. The zero-order valence-corrected chi connectivity index (χ0v) is 18.4. The molecule has 4 rings (SSSR count). The molecule has 0 saturated heterocycles. The zero-order valence-electron chi connectivity index (χ0n) is 16.8. The summed E-state index contributed by atoms with van der Waals surface area (Å²) < 4.78 is 40.9. The molecule has 2 amide bonds. The van der Waals surface area contributed by atoms with E-state index in [4.69, 9.17) is 0 Å². The van der Waals surface area contributed by atoms with Crippen molar-refractivity contribution in [3.8, 4) is 0 Å². The maximum Gasteiger partial charge on any atom is 0.416 e. The van der Waals surface area contributed by atoms with Gasteiger partial charge in [0.05, 0.1) is 22.2 Å². The van der Waals surface area contributed by atoms with Crippen molar-refractivity contribution in [2.45, 2.75) is 36.5 Å². The van der Waals surface area contributed by atoms with Crippen molar-refractivity contribution < 1.29 is 22.8 Å². The minimum Gasteiger partial charge on any atom is -0.323 e. The highest BCUT2D eigenvalue weighted by atomic mass is 32.2. The predicted octanol–water partition coefficient (Wildman–Crippen LogP) is 4.07. The minimum atomic E-state index is -4.55. The summed E-state index contributed by atoms with van der Waals surface area (Å²) >= 11 is 2.84. The Hall–Kier alpha value is -2.86. The van der Waals surface area contributed by atoms with E-state index in [1.165, 1.54) is 27.6 Å². The van der Waals surface area contributed by atoms with Gasteiger partial charge in [-0.1, -0.05) is 17.8 Å². The number of amides is 2. The molecule has 0 saturated carbocycles. The van der Waals surface area contributed by atoms with Crippen molar-refractivity contribution in [1.29, 1.82) is 0 Å². The van der Waals surface area contributed by atoms with Crippen LogP contribution < -0.4 is 10.2 Å². The van der Waals surface area contributed by atoms with E-state index in [0.717, 1.165) is 18.6 Å². The SMILES string of the molecule is CC(Sc1nncn1CCc1cccs1)C(=O)N1CC(=O)Nc2cc(C(F)(F)F)ccc21. The van der Waals surface area contributed by atoms with E-state index >= 15 is 0 Å². The standard InChI is InChI=1S/C20H18F3N5O2S2/c1-12(32-19-26-24-11-27(19)7-6-14-3-2-8-31-14)18(30)28-10-17(29)25-15-9-13(20(21,22)23)4-5-16(15)28/h2-5,8-9,11-12H,6-7,10H2,1H3,(H,25,29). The fraction of sp³-hybridized carbons (Fsp3) is 0.300.